The van der Waals surface area contributed by atoms with Gasteiger partial charge in [-0.1, -0.05) is 72.4 Å². The number of amides is 1. The summed E-state index contributed by atoms with van der Waals surface area (Å²) < 4.78 is 0. The van der Waals surface area contributed by atoms with E-state index in [0.29, 0.717) is 0 Å². The first-order valence-corrected chi connectivity index (χ1v) is 9.44. The van der Waals surface area contributed by atoms with Gasteiger partial charge in [0.25, 0.3) is 0 Å². The molecule has 2 N–H and O–H groups in total. The fourth-order valence-corrected chi connectivity index (χ4v) is 3.50. The highest BCUT2D eigenvalue weighted by molar-refractivity contribution is 7.99. The molecule has 26 heavy (non-hydrogen) atoms. The number of hydrogen-bond donors (Lipinski definition) is 2. The number of rotatable bonds is 7. The number of carbonyl (C=O) groups is 1. The second-order valence-corrected chi connectivity index (χ2v) is 7.09. The number of anilines is 1. The smallest absolute Gasteiger partial charge is 0.238 e. The highest BCUT2D eigenvalue weighted by Gasteiger charge is 2.10. The molecule has 3 aromatic rings. The molecule has 1 amide bonds. The van der Waals surface area contributed by atoms with Crippen molar-refractivity contribution in [3.8, 4) is 0 Å². The van der Waals surface area contributed by atoms with E-state index in [1.807, 2.05) is 60.7 Å². The van der Waals surface area contributed by atoms with Gasteiger partial charge < -0.3 is 10.6 Å². The summed E-state index contributed by atoms with van der Waals surface area (Å²) in [7, 11) is 0. The van der Waals surface area contributed by atoms with Crippen molar-refractivity contribution in [3.05, 3.63) is 90.5 Å². The molecule has 3 aromatic carbocycles. The molecule has 0 saturated carbocycles. The Morgan fingerprint density at radius 1 is 0.885 bits per heavy atom. The predicted octanol–water partition coefficient (Wildman–Crippen LogP) is 5.13. The maximum atomic E-state index is 12.4. The van der Waals surface area contributed by atoms with Gasteiger partial charge in [-0.3, -0.25) is 4.79 Å². The van der Waals surface area contributed by atoms with Crippen molar-refractivity contribution in [1.29, 1.82) is 0 Å². The molecule has 0 radical (unpaired) electrons. The molecule has 0 aromatic heterocycles. The summed E-state index contributed by atoms with van der Waals surface area (Å²) in [4.78, 5) is 14.5. The third kappa shape index (κ3) is 5.22. The van der Waals surface area contributed by atoms with Crippen LogP contribution in [0.25, 0.3) is 0 Å². The minimum atomic E-state index is -0.0473. The van der Waals surface area contributed by atoms with Gasteiger partial charge in [0.15, 0.2) is 0 Å². The Balaban J connectivity index is 1.59. The van der Waals surface area contributed by atoms with Crippen molar-refractivity contribution >= 4 is 23.4 Å². The first-order chi connectivity index (χ1) is 12.7. The maximum absolute atomic E-state index is 12.4. The number of para-hydroxylation sites is 1. The van der Waals surface area contributed by atoms with E-state index in [1.54, 1.807) is 11.8 Å². The lowest BCUT2D eigenvalue weighted by molar-refractivity contribution is -0.115. The Bertz CT molecular complexity index is 837. The summed E-state index contributed by atoms with van der Waals surface area (Å²) in [6, 6.07) is 28.3. The summed E-state index contributed by atoms with van der Waals surface area (Å²) in [5, 5.41) is 6.28. The molecule has 0 heterocycles. The van der Waals surface area contributed by atoms with Gasteiger partial charge in [-0.25, -0.2) is 0 Å². The zero-order valence-corrected chi connectivity index (χ0v) is 15.5. The Morgan fingerprint density at radius 3 is 2.23 bits per heavy atom. The SMILES string of the molecule is C[C@@H](NCC(=O)Nc1ccccc1Sc1ccccc1)c1ccccc1. The summed E-state index contributed by atoms with van der Waals surface area (Å²) in [5.74, 6) is -0.0473. The first-order valence-electron chi connectivity index (χ1n) is 8.62. The molecule has 1 atom stereocenters. The van der Waals surface area contributed by atoms with Crippen molar-refractivity contribution in [1.82, 2.24) is 5.32 Å². The molecule has 0 saturated heterocycles. The minimum Gasteiger partial charge on any atom is -0.324 e. The summed E-state index contributed by atoms with van der Waals surface area (Å²) in [6.07, 6.45) is 0. The summed E-state index contributed by atoms with van der Waals surface area (Å²) >= 11 is 1.64. The largest absolute Gasteiger partial charge is 0.324 e. The van der Waals surface area contributed by atoms with Crippen LogP contribution in [0.15, 0.2) is 94.7 Å². The van der Waals surface area contributed by atoms with Gasteiger partial charge in [-0.2, -0.15) is 0 Å². The van der Waals surface area contributed by atoms with Crippen LogP contribution in [-0.4, -0.2) is 12.5 Å². The monoisotopic (exact) mass is 362 g/mol. The van der Waals surface area contributed by atoms with Gasteiger partial charge in [0.2, 0.25) is 5.91 Å². The van der Waals surface area contributed by atoms with Crippen molar-refractivity contribution < 1.29 is 4.79 Å². The van der Waals surface area contributed by atoms with Crippen LogP contribution in [0.3, 0.4) is 0 Å². The normalized spacial score (nSPS) is 11.7. The average molecular weight is 362 g/mol. The van der Waals surface area contributed by atoms with Gasteiger partial charge in [0.05, 0.1) is 12.2 Å². The Morgan fingerprint density at radius 2 is 1.50 bits per heavy atom. The first kappa shape index (κ1) is 18.2. The van der Waals surface area contributed by atoms with Gasteiger partial charge in [0.1, 0.15) is 0 Å². The van der Waals surface area contributed by atoms with Crippen molar-refractivity contribution in [3.63, 3.8) is 0 Å². The molecule has 4 heteroatoms. The third-order valence-corrected chi connectivity index (χ3v) is 5.08. The predicted molar refractivity (Wildman–Crippen MR) is 108 cm³/mol. The molecule has 0 aliphatic carbocycles. The molecule has 0 fully saturated rings. The van der Waals surface area contributed by atoms with E-state index in [9.17, 15) is 4.79 Å². The molecule has 0 unspecified atom stereocenters. The van der Waals surface area contributed by atoms with E-state index >= 15 is 0 Å². The highest BCUT2D eigenvalue weighted by Crippen LogP contribution is 2.33. The third-order valence-electron chi connectivity index (χ3n) is 4.00. The number of nitrogens with one attached hydrogen (secondary N) is 2. The van der Waals surface area contributed by atoms with Crippen LogP contribution >= 0.6 is 11.8 Å². The summed E-state index contributed by atoms with van der Waals surface area (Å²) in [6.45, 7) is 2.32. The quantitative estimate of drug-likeness (QED) is 0.612. The molecule has 0 aliphatic rings. The van der Waals surface area contributed by atoms with Crippen LogP contribution < -0.4 is 10.6 Å². The number of benzene rings is 3. The van der Waals surface area contributed by atoms with E-state index in [2.05, 4.69) is 41.8 Å². The number of hydrogen-bond acceptors (Lipinski definition) is 3. The molecule has 3 nitrogen and oxygen atoms in total. The molecule has 0 bridgehead atoms. The van der Waals surface area contributed by atoms with Gasteiger partial charge in [-0.05, 0) is 36.8 Å². The van der Waals surface area contributed by atoms with E-state index in [1.165, 1.54) is 5.56 Å². The number of carbonyl (C=O) groups excluding carboxylic acids is 1. The van der Waals surface area contributed by atoms with Crippen LogP contribution in [-0.2, 0) is 4.79 Å². The second-order valence-electron chi connectivity index (χ2n) is 5.97. The van der Waals surface area contributed by atoms with Gasteiger partial charge in [0, 0.05) is 15.8 Å². The van der Waals surface area contributed by atoms with Crippen LogP contribution in [0.2, 0.25) is 0 Å². The van der Waals surface area contributed by atoms with E-state index < -0.39 is 0 Å². The zero-order valence-electron chi connectivity index (χ0n) is 14.7. The lowest BCUT2D eigenvalue weighted by atomic mass is 10.1. The molecule has 0 aliphatic heterocycles. The Hall–Kier alpha value is -2.56. The second kappa shape index (κ2) is 9.22. The molecule has 3 rings (SSSR count). The van der Waals surface area contributed by atoms with E-state index in [4.69, 9.17) is 0 Å². The van der Waals surface area contributed by atoms with E-state index in [0.717, 1.165) is 15.5 Å². The zero-order chi connectivity index (χ0) is 18.2. The van der Waals surface area contributed by atoms with Crippen molar-refractivity contribution in [2.75, 3.05) is 11.9 Å². The van der Waals surface area contributed by atoms with Crippen molar-refractivity contribution in [2.24, 2.45) is 0 Å². The van der Waals surface area contributed by atoms with Crippen molar-refractivity contribution in [2.45, 2.75) is 22.8 Å². The van der Waals surface area contributed by atoms with E-state index in [-0.39, 0.29) is 18.5 Å². The average Bonchev–Trinajstić information content (AvgIpc) is 2.69. The van der Waals surface area contributed by atoms with Crippen LogP contribution in [0, 0.1) is 0 Å². The minimum absolute atomic E-state index is 0.0473. The molecular weight excluding hydrogens is 340 g/mol. The molecular formula is C22H22N2OS. The maximum Gasteiger partial charge on any atom is 0.238 e. The Kier molecular flexibility index (Phi) is 6.47. The van der Waals surface area contributed by atoms with Gasteiger partial charge >= 0.3 is 0 Å². The fraction of sp³-hybridized carbons (Fsp3) is 0.136. The summed E-state index contributed by atoms with van der Waals surface area (Å²) in [5.41, 5.74) is 2.00. The standard InChI is InChI=1S/C22H22N2OS/c1-17(18-10-4-2-5-11-18)23-16-22(25)24-20-14-8-9-15-21(20)26-19-12-6-3-7-13-19/h2-15,17,23H,16H2,1H3,(H,24,25)/t17-/m1/s1. The topological polar surface area (TPSA) is 41.1 Å². The van der Waals surface area contributed by atoms with Crippen LogP contribution in [0.4, 0.5) is 5.69 Å². The fourth-order valence-electron chi connectivity index (χ4n) is 2.57. The molecule has 0 spiro atoms. The molecule has 132 valence electrons. The highest BCUT2D eigenvalue weighted by atomic mass is 32.2. The van der Waals surface area contributed by atoms with Crippen LogP contribution in [0.5, 0.6) is 0 Å². The lowest BCUT2D eigenvalue weighted by Gasteiger charge is -2.15. The van der Waals surface area contributed by atoms with Gasteiger partial charge in [-0.15, -0.1) is 0 Å². The van der Waals surface area contributed by atoms with Crippen LogP contribution in [0.1, 0.15) is 18.5 Å². The lowest BCUT2D eigenvalue weighted by Crippen LogP contribution is -2.30. The Labute approximate surface area is 158 Å².